The van der Waals surface area contributed by atoms with Crippen LogP contribution in [0.5, 0.6) is 0 Å². The van der Waals surface area contributed by atoms with Crippen LogP contribution in [-0.2, 0) is 6.42 Å². The summed E-state index contributed by atoms with van der Waals surface area (Å²) in [4.78, 5) is 19.5. The van der Waals surface area contributed by atoms with Crippen LogP contribution in [0.1, 0.15) is 40.2 Å². The molecule has 4 heteroatoms. The fraction of sp³-hybridized carbons (Fsp3) is 0.300. The zero-order valence-corrected chi connectivity index (χ0v) is 13.4. The summed E-state index contributed by atoms with van der Waals surface area (Å²) >= 11 is 0. The Morgan fingerprint density at radius 2 is 2.08 bits per heavy atom. The predicted molar refractivity (Wildman–Crippen MR) is 92.1 cm³/mol. The molecule has 2 unspecified atom stereocenters. The number of likely N-dealkylation sites (tertiary alicyclic amines) is 1. The maximum Gasteiger partial charge on any atom is 0.254 e. The van der Waals surface area contributed by atoms with E-state index in [9.17, 15) is 4.79 Å². The molecule has 4 nitrogen and oxygen atoms in total. The summed E-state index contributed by atoms with van der Waals surface area (Å²) in [6.45, 7) is 0.855. The van der Waals surface area contributed by atoms with Gasteiger partial charge in [0.25, 0.3) is 5.91 Å². The van der Waals surface area contributed by atoms with Crippen molar-refractivity contribution in [3.63, 3.8) is 0 Å². The molecule has 2 aliphatic rings. The van der Waals surface area contributed by atoms with Gasteiger partial charge in [-0.2, -0.15) is 0 Å². The lowest BCUT2D eigenvalue weighted by Crippen LogP contribution is -2.46. The van der Waals surface area contributed by atoms with E-state index >= 15 is 0 Å². The van der Waals surface area contributed by atoms with Crippen LogP contribution in [0.3, 0.4) is 0 Å². The van der Waals surface area contributed by atoms with Crippen molar-refractivity contribution in [3.05, 3.63) is 71.7 Å². The van der Waals surface area contributed by atoms with E-state index in [1.165, 1.54) is 17.5 Å². The summed E-state index contributed by atoms with van der Waals surface area (Å²) in [5.74, 6) is 0.636. The van der Waals surface area contributed by atoms with E-state index in [1.807, 2.05) is 28.9 Å². The Morgan fingerprint density at radius 3 is 3.04 bits per heavy atom. The number of hydrogen-bond donors (Lipinski definition) is 0. The molecule has 1 fully saturated rings. The molecule has 24 heavy (non-hydrogen) atoms. The minimum Gasteiger partial charge on any atom is -0.335 e. The highest BCUT2D eigenvalue weighted by Gasteiger charge is 2.40. The number of rotatable bonds is 1. The van der Waals surface area contributed by atoms with E-state index in [0.717, 1.165) is 30.6 Å². The van der Waals surface area contributed by atoms with Crippen LogP contribution in [0.4, 0.5) is 0 Å². The molecule has 3 aromatic rings. The molecule has 1 saturated heterocycles. The average Bonchev–Trinajstić information content (AvgIpc) is 3.24. The van der Waals surface area contributed by atoms with Gasteiger partial charge in [0.2, 0.25) is 0 Å². The molecular formula is C20H19N3O. The minimum atomic E-state index is 0.142. The zero-order chi connectivity index (χ0) is 16.1. The van der Waals surface area contributed by atoms with Crippen molar-refractivity contribution in [3.8, 4) is 0 Å². The first-order valence-electron chi connectivity index (χ1n) is 8.63. The van der Waals surface area contributed by atoms with Gasteiger partial charge in [0.15, 0.2) is 0 Å². The second-order valence-electron chi connectivity index (χ2n) is 6.83. The predicted octanol–water partition coefficient (Wildman–Crippen LogP) is 3.28. The fourth-order valence-electron chi connectivity index (χ4n) is 4.44. The van der Waals surface area contributed by atoms with Crippen LogP contribution < -0.4 is 0 Å². The molecule has 0 spiro atoms. The summed E-state index contributed by atoms with van der Waals surface area (Å²) in [6.07, 6.45) is 8.82. The first-order chi connectivity index (χ1) is 11.8. The maximum atomic E-state index is 13.1. The van der Waals surface area contributed by atoms with Gasteiger partial charge >= 0.3 is 0 Å². The van der Waals surface area contributed by atoms with Crippen LogP contribution in [0.15, 0.2) is 55.0 Å². The molecule has 0 N–H and O–H groups in total. The van der Waals surface area contributed by atoms with Crippen molar-refractivity contribution >= 4 is 11.6 Å². The topological polar surface area (TPSA) is 37.6 Å². The van der Waals surface area contributed by atoms with Crippen LogP contribution in [0.2, 0.25) is 0 Å². The molecule has 5 rings (SSSR count). The monoisotopic (exact) mass is 317 g/mol. The molecule has 120 valence electrons. The van der Waals surface area contributed by atoms with Crippen molar-refractivity contribution in [1.82, 2.24) is 14.3 Å². The van der Waals surface area contributed by atoms with Crippen LogP contribution >= 0.6 is 0 Å². The van der Waals surface area contributed by atoms with Gasteiger partial charge in [0.05, 0.1) is 0 Å². The Bertz CT molecular complexity index is 929. The fourth-order valence-corrected chi connectivity index (χ4v) is 4.44. The highest BCUT2D eigenvalue weighted by Crippen LogP contribution is 2.42. The molecule has 0 bridgehead atoms. The third kappa shape index (κ3) is 1.99. The number of fused-ring (bicyclic) bond motifs is 4. The number of imidazole rings is 1. The Balaban J connectivity index is 1.49. The van der Waals surface area contributed by atoms with E-state index in [2.05, 4.69) is 34.1 Å². The number of carbonyl (C=O) groups excluding carboxylic acids is 1. The number of carbonyl (C=O) groups is 1. The van der Waals surface area contributed by atoms with Gasteiger partial charge in [0.1, 0.15) is 5.65 Å². The quantitative estimate of drug-likeness (QED) is 0.691. The number of aromatic nitrogens is 2. The van der Waals surface area contributed by atoms with E-state index in [4.69, 9.17) is 0 Å². The highest BCUT2D eigenvalue weighted by atomic mass is 16.2. The van der Waals surface area contributed by atoms with Gasteiger partial charge < -0.3 is 9.30 Å². The van der Waals surface area contributed by atoms with Gasteiger partial charge in [-0.15, -0.1) is 0 Å². The molecule has 2 aromatic heterocycles. The Morgan fingerprint density at radius 1 is 1.17 bits per heavy atom. The first kappa shape index (κ1) is 13.8. The van der Waals surface area contributed by atoms with Crippen LogP contribution in [0.25, 0.3) is 5.65 Å². The van der Waals surface area contributed by atoms with E-state index in [0.29, 0.717) is 12.0 Å². The lowest BCUT2D eigenvalue weighted by Gasteiger charge is -2.38. The number of amides is 1. The van der Waals surface area contributed by atoms with Gasteiger partial charge in [0, 0.05) is 42.7 Å². The van der Waals surface area contributed by atoms with Gasteiger partial charge in [-0.25, -0.2) is 4.98 Å². The van der Waals surface area contributed by atoms with Crippen LogP contribution in [-0.4, -0.2) is 32.8 Å². The number of piperidine rings is 1. The standard InChI is InChI=1S/C20H19N3O/c24-20(15-7-10-22-11-8-21-19(22)13-15)23-9-3-6-17-16-5-2-1-4-14(16)12-18(17)23/h1-2,4-5,7-8,10-11,13,17-18H,3,6,9,12H2. The van der Waals surface area contributed by atoms with Gasteiger partial charge in [-0.05, 0) is 42.5 Å². The maximum absolute atomic E-state index is 13.1. The second-order valence-corrected chi connectivity index (χ2v) is 6.83. The molecule has 1 aliphatic heterocycles. The van der Waals surface area contributed by atoms with Crippen molar-refractivity contribution in [1.29, 1.82) is 0 Å². The minimum absolute atomic E-state index is 0.142. The number of hydrogen-bond acceptors (Lipinski definition) is 2. The molecule has 0 radical (unpaired) electrons. The van der Waals surface area contributed by atoms with Crippen LogP contribution in [0, 0.1) is 0 Å². The summed E-state index contributed by atoms with van der Waals surface area (Å²) in [5.41, 5.74) is 4.43. The third-order valence-electron chi connectivity index (χ3n) is 5.57. The van der Waals surface area contributed by atoms with Crippen molar-refractivity contribution in [2.24, 2.45) is 0 Å². The Labute approximate surface area is 140 Å². The lowest BCUT2D eigenvalue weighted by molar-refractivity contribution is 0.0595. The second kappa shape index (κ2) is 5.20. The van der Waals surface area contributed by atoms with E-state index in [1.54, 1.807) is 6.20 Å². The Kier molecular flexibility index (Phi) is 2.98. The van der Waals surface area contributed by atoms with E-state index < -0.39 is 0 Å². The summed E-state index contributed by atoms with van der Waals surface area (Å²) < 4.78 is 1.93. The molecule has 3 heterocycles. The van der Waals surface area contributed by atoms with Gasteiger partial charge in [-0.3, -0.25) is 4.79 Å². The molecule has 0 saturated carbocycles. The molecule has 1 amide bonds. The average molecular weight is 317 g/mol. The first-order valence-corrected chi connectivity index (χ1v) is 8.63. The van der Waals surface area contributed by atoms with Crippen molar-refractivity contribution < 1.29 is 4.79 Å². The van der Waals surface area contributed by atoms with E-state index in [-0.39, 0.29) is 5.91 Å². The third-order valence-corrected chi connectivity index (χ3v) is 5.57. The van der Waals surface area contributed by atoms with Gasteiger partial charge in [-0.1, -0.05) is 24.3 Å². The normalized spacial score (nSPS) is 22.4. The highest BCUT2D eigenvalue weighted by molar-refractivity contribution is 5.95. The van der Waals surface area contributed by atoms with Crippen molar-refractivity contribution in [2.75, 3.05) is 6.54 Å². The smallest absolute Gasteiger partial charge is 0.254 e. The SMILES string of the molecule is O=C(c1ccn2ccnc2c1)N1CCCC2c3ccccc3CC21. The largest absolute Gasteiger partial charge is 0.335 e. The number of pyridine rings is 1. The lowest BCUT2D eigenvalue weighted by atomic mass is 9.88. The Hall–Kier alpha value is -2.62. The molecule has 1 aliphatic carbocycles. The molecule has 2 atom stereocenters. The number of nitrogens with zero attached hydrogens (tertiary/aromatic N) is 3. The zero-order valence-electron chi connectivity index (χ0n) is 13.4. The summed E-state index contributed by atoms with van der Waals surface area (Å²) in [7, 11) is 0. The molecular weight excluding hydrogens is 298 g/mol. The number of benzene rings is 1. The summed E-state index contributed by atoms with van der Waals surface area (Å²) in [6, 6.07) is 12.8. The molecule has 1 aromatic carbocycles. The summed E-state index contributed by atoms with van der Waals surface area (Å²) in [5, 5.41) is 0. The van der Waals surface area contributed by atoms with Crippen molar-refractivity contribution in [2.45, 2.75) is 31.2 Å².